The molecule has 0 radical (unpaired) electrons. The molecule has 1 saturated heterocycles. The average molecular weight is 477 g/mol. The number of nitrogens with one attached hydrogen (secondary N) is 1. The number of carbonyl (C=O) groups is 1. The van der Waals surface area contributed by atoms with E-state index >= 15 is 0 Å². The molecular formula is C24H32N2O6S. The van der Waals surface area contributed by atoms with Crippen molar-refractivity contribution in [3.8, 4) is 17.2 Å². The molecule has 0 aromatic heterocycles. The second-order valence-corrected chi connectivity index (χ2v) is 10.0. The molecule has 3 rings (SSSR count). The normalized spacial score (nSPS) is 15.7. The zero-order valence-corrected chi connectivity index (χ0v) is 20.6. The number of likely N-dealkylation sites (tertiary alicyclic amines) is 1. The summed E-state index contributed by atoms with van der Waals surface area (Å²) in [6.07, 6.45) is 1.85. The SMILES string of the molecule is COc1ccc(OC)c([C@@H](C)NS(=O)(=O)c2ccc(OC)c(C(=O)N3CCC(C)CC3)c2)c1. The third-order valence-electron chi connectivity index (χ3n) is 6.02. The predicted molar refractivity (Wildman–Crippen MR) is 126 cm³/mol. The monoisotopic (exact) mass is 476 g/mol. The molecule has 1 aliphatic heterocycles. The molecule has 0 bridgehead atoms. The van der Waals surface area contributed by atoms with Gasteiger partial charge >= 0.3 is 0 Å². The van der Waals surface area contributed by atoms with Gasteiger partial charge in [-0.3, -0.25) is 4.79 Å². The number of benzene rings is 2. The van der Waals surface area contributed by atoms with Crippen LogP contribution in [0.5, 0.6) is 17.2 Å². The molecule has 33 heavy (non-hydrogen) atoms. The van der Waals surface area contributed by atoms with Crippen LogP contribution >= 0.6 is 0 Å². The molecule has 1 fully saturated rings. The van der Waals surface area contributed by atoms with Gasteiger partial charge in [0, 0.05) is 24.7 Å². The molecular weight excluding hydrogens is 444 g/mol. The van der Waals surface area contributed by atoms with Crippen LogP contribution in [0.1, 0.15) is 48.7 Å². The molecule has 1 N–H and O–H groups in total. The number of amides is 1. The number of rotatable bonds is 8. The Labute approximate surface area is 195 Å². The Balaban J connectivity index is 1.89. The topological polar surface area (TPSA) is 94.2 Å². The Morgan fingerprint density at radius 1 is 1.00 bits per heavy atom. The van der Waals surface area contributed by atoms with Gasteiger partial charge in [-0.05, 0) is 62.1 Å². The van der Waals surface area contributed by atoms with E-state index in [9.17, 15) is 13.2 Å². The fourth-order valence-electron chi connectivity index (χ4n) is 3.95. The quantitative estimate of drug-likeness (QED) is 0.625. The Morgan fingerprint density at radius 2 is 1.64 bits per heavy atom. The first-order chi connectivity index (χ1) is 15.7. The van der Waals surface area contributed by atoms with Crippen LogP contribution in [-0.2, 0) is 10.0 Å². The number of ether oxygens (including phenoxy) is 3. The van der Waals surface area contributed by atoms with Crippen LogP contribution in [-0.4, -0.2) is 53.6 Å². The van der Waals surface area contributed by atoms with Gasteiger partial charge in [-0.25, -0.2) is 13.1 Å². The van der Waals surface area contributed by atoms with Gasteiger partial charge in [0.2, 0.25) is 10.0 Å². The van der Waals surface area contributed by atoms with E-state index < -0.39 is 16.1 Å². The van der Waals surface area contributed by atoms with Crippen molar-refractivity contribution in [1.82, 2.24) is 9.62 Å². The lowest BCUT2D eigenvalue weighted by Gasteiger charge is -2.30. The van der Waals surface area contributed by atoms with Crippen molar-refractivity contribution in [2.45, 2.75) is 37.6 Å². The Bertz CT molecular complexity index is 1090. The van der Waals surface area contributed by atoms with Crippen molar-refractivity contribution in [2.75, 3.05) is 34.4 Å². The van der Waals surface area contributed by atoms with Crippen molar-refractivity contribution in [3.63, 3.8) is 0 Å². The highest BCUT2D eigenvalue weighted by molar-refractivity contribution is 7.89. The third-order valence-corrected chi connectivity index (χ3v) is 7.56. The average Bonchev–Trinajstić information content (AvgIpc) is 2.82. The van der Waals surface area contributed by atoms with E-state index in [2.05, 4.69) is 11.6 Å². The maximum Gasteiger partial charge on any atom is 0.257 e. The van der Waals surface area contributed by atoms with Gasteiger partial charge < -0.3 is 19.1 Å². The summed E-state index contributed by atoms with van der Waals surface area (Å²) in [5, 5.41) is 0. The molecule has 1 amide bonds. The zero-order chi connectivity index (χ0) is 24.2. The van der Waals surface area contributed by atoms with Gasteiger partial charge in [-0.15, -0.1) is 0 Å². The molecule has 0 unspecified atom stereocenters. The van der Waals surface area contributed by atoms with Gasteiger partial charge in [0.15, 0.2) is 0 Å². The summed E-state index contributed by atoms with van der Waals surface area (Å²) in [7, 11) is 0.585. The van der Waals surface area contributed by atoms with Crippen molar-refractivity contribution in [3.05, 3.63) is 47.5 Å². The van der Waals surface area contributed by atoms with Crippen LogP contribution in [0.3, 0.4) is 0 Å². The lowest BCUT2D eigenvalue weighted by atomic mass is 9.98. The first kappa shape index (κ1) is 24.9. The second kappa shape index (κ2) is 10.4. The lowest BCUT2D eigenvalue weighted by molar-refractivity contribution is 0.0693. The van der Waals surface area contributed by atoms with Crippen molar-refractivity contribution in [2.24, 2.45) is 5.92 Å². The summed E-state index contributed by atoms with van der Waals surface area (Å²) in [6, 6.07) is 8.93. The first-order valence-corrected chi connectivity index (χ1v) is 12.4. The van der Waals surface area contributed by atoms with E-state index in [-0.39, 0.29) is 16.4 Å². The highest BCUT2D eigenvalue weighted by atomic mass is 32.2. The Kier molecular flexibility index (Phi) is 7.86. The molecule has 0 saturated carbocycles. The van der Waals surface area contributed by atoms with Gasteiger partial charge in [-0.2, -0.15) is 0 Å². The molecule has 180 valence electrons. The van der Waals surface area contributed by atoms with E-state index in [1.54, 1.807) is 37.1 Å². The van der Waals surface area contributed by atoms with Crippen molar-refractivity contribution < 1.29 is 27.4 Å². The number of piperidine rings is 1. The molecule has 2 aromatic carbocycles. The van der Waals surface area contributed by atoms with Crippen LogP contribution in [0.2, 0.25) is 0 Å². The summed E-state index contributed by atoms with van der Waals surface area (Å²) in [5.41, 5.74) is 0.870. The Morgan fingerprint density at radius 3 is 2.24 bits per heavy atom. The Hall–Kier alpha value is -2.78. The molecule has 9 heteroatoms. The fraction of sp³-hybridized carbons (Fsp3) is 0.458. The second-order valence-electron chi connectivity index (χ2n) is 8.29. The molecule has 2 aromatic rings. The summed E-state index contributed by atoms with van der Waals surface area (Å²) in [4.78, 5) is 14.9. The maximum atomic E-state index is 13.2. The van der Waals surface area contributed by atoms with Crippen LogP contribution < -0.4 is 18.9 Å². The number of nitrogens with zero attached hydrogens (tertiary/aromatic N) is 1. The predicted octanol–water partition coefficient (Wildman–Crippen LogP) is 3.62. The van der Waals surface area contributed by atoms with Gasteiger partial charge in [0.25, 0.3) is 5.91 Å². The van der Waals surface area contributed by atoms with Crippen LogP contribution in [0.4, 0.5) is 0 Å². The fourth-order valence-corrected chi connectivity index (χ4v) is 5.19. The van der Waals surface area contributed by atoms with E-state index in [0.717, 1.165) is 12.8 Å². The minimum absolute atomic E-state index is 0.00857. The summed E-state index contributed by atoms with van der Waals surface area (Å²) >= 11 is 0. The van der Waals surface area contributed by atoms with Gasteiger partial charge in [-0.1, -0.05) is 6.92 Å². The maximum absolute atomic E-state index is 13.2. The minimum atomic E-state index is -3.95. The van der Waals surface area contributed by atoms with Gasteiger partial charge in [0.05, 0.1) is 31.8 Å². The molecule has 1 heterocycles. The summed E-state index contributed by atoms with van der Waals surface area (Å²) in [6.45, 7) is 5.18. The molecule has 1 atom stereocenters. The summed E-state index contributed by atoms with van der Waals surface area (Å²) in [5.74, 6) is 1.82. The van der Waals surface area contributed by atoms with Crippen molar-refractivity contribution in [1.29, 1.82) is 0 Å². The number of sulfonamides is 1. The summed E-state index contributed by atoms with van der Waals surface area (Å²) < 4.78 is 45.1. The molecule has 8 nitrogen and oxygen atoms in total. The van der Waals surface area contributed by atoms with E-state index in [0.29, 0.717) is 41.8 Å². The first-order valence-electron chi connectivity index (χ1n) is 10.9. The smallest absolute Gasteiger partial charge is 0.257 e. The molecule has 0 spiro atoms. The zero-order valence-electron chi connectivity index (χ0n) is 19.8. The highest BCUT2D eigenvalue weighted by Gasteiger charge is 2.27. The van der Waals surface area contributed by atoms with Gasteiger partial charge in [0.1, 0.15) is 17.2 Å². The standard InChI is InChI=1S/C24H32N2O6S/c1-16-10-12-26(13-11-16)24(27)21-15-19(7-9-23(21)32-5)33(28,29)25-17(2)20-14-18(30-3)6-8-22(20)31-4/h6-9,14-17,25H,10-13H2,1-5H3/t17-/m1/s1. The number of methoxy groups -OCH3 is 3. The van der Waals surface area contributed by atoms with Crippen molar-refractivity contribution >= 4 is 15.9 Å². The van der Waals surface area contributed by atoms with Crippen LogP contribution in [0.15, 0.2) is 41.3 Å². The number of hydrogen-bond acceptors (Lipinski definition) is 6. The minimum Gasteiger partial charge on any atom is -0.497 e. The third kappa shape index (κ3) is 5.59. The molecule has 0 aliphatic carbocycles. The number of carbonyl (C=O) groups excluding carboxylic acids is 1. The lowest BCUT2D eigenvalue weighted by Crippen LogP contribution is -2.38. The van der Waals surface area contributed by atoms with Crippen LogP contribution in [0.25, 0.3) is 0 Å². The van der Waals surface area contributed by atoms with Crippen LogP contribution in [0, 0.1) is 5.92 Å². The van der Waals surface area contributed by atoms with E-state index in [1.165, 1.54) is 32.4 Å². The van der Waals surface area contributed by atoms with E-state index in [1.807, 2.05) is 0 Å². The van der Waals surface area contributed by atoms with E-state index in [4.69, 9.17) is 14.2 Å². The highest BCUT2D eigenvalue weighted by Crippen LogP contribution is 2.31. The molecule has 1 aliphatic rings. The largest absolute Gasteiger partial charge is 0.497 e. The number of hydrogen-bond donors (Lipinski definition) is 1.